The van der Waals surface area contributed by atoms with Crippen molar-refractivity contribution in [2.45, 2.75) is 12.8 Å². The smallest absolute Gasteiger partial charge is 0.335 e. The maximum absolute atomic E-state index is 10.9. The van der Waals surface area contributed by atoms with Crippen molar-refractivity contribution in [3.8, 4) is 0 Å². The minimum Gasteiger partial charge on any atom is -0.478 e. The Hall–Kier alpha value is -2.33. The molecule has 3 rings (SSSR count). The van der Waals surface area contributed by atoms with Crippen LogP contribution in [0.25, 0.3) is 0 Å². The zero-order valence-corrected chi connectivity index (χ0v) is 13.9. The average molecular weight is 324 g/mol. The van der Waals surface area contributed by atoms with Gasteiger partial charge in [-0.15, -0.1) is 0 Å². The number of hydrogen-bond acceptors (Lipinski definition) is 3. The predicted molar refractivity (Wildman–Crippen MR) is 96.8 cm³/mol. The highest BCUT2D eigenvalue weighted by molar-refractivity contribution is 5.88. The molecule has 0 unspecified atom stereocenters. The molecule has 1 saturated heterocycles. The van der Waals surface area contributed by atoms with Gasteiger partial charge in [-0.3, -0.25) is 4.90 Å². The second kappa shape index (κ2) is 7.97. The quantitative estimate of drug-likeness (QED) is 0.886. The van der Waals surface area contributed by atoms with Crippen molar-refractivity contribution in [1.29, 1.82) is 0 Å². The van der Waals surface area contributed by atoms with Crippen LogP contribution in [0, 0.1) is 0 Å². The van der Waals surface area contributed by atoms with Crippen LogP contribution in [0.3, 0.4) is 0 Å². The monoisotopic (exact) mass is 324 g/mol. The van der Waals surface area contributed by atoms with Crippen LogP contribution in [-0.2, 0) is 6.42 Å². The Kier molecular flexibility index (Phi) is 5.49. The average Bonchev–Trinajstić information content (AvgIpc) is 2.63. The third-order valence-corrected chi connectivity index (χ3v) is 4.63. The lowest BCUT2D eigenvalue weighted by Crippen LogP contribution is -2.46. The van der Waals surface area contributed by atoms with Crippen molar-refractivity contribution in [1.82, 2.24) is 4.90 Å². The van der Waals surface area contributed by atoms with E-state index in [4.69, 9.17) is 5.11 Å². The first-order chi connectivity index (χ1) is 11.7. The van der Waals surface area contributed by atoms with Gasteiger partial charge in [0.2, 0.25) is 0 Å². The molecule has 0 aromatic heterocycles. The van der Waals surface area contributed by atoms with E-state index in [-0.39, 0.29) is 0 Å². The normalized spacial score (nSPS) is 15.4. The molecule has 24 heavy (non-hydrogen) atoms. The van der Waals surface area contributed by atoms with Gasteiger partial charge >= 0.3 is 5.97 Å². The van der Waals surface area contributed by atoms with E-state index in [9.17, 15) is 4.79 Å². The molecule has 126 valence electrons. The van der Waals surface area contributed by atoms with Gasteiger partial charge in [0.15, 0.2) is 0 Å². The summed E-state index contributed by atoms with van der Waals surface area (Å²) in [7, 11) is 0. The number of rotatable bonds is 6. The molecule has 0 bridgehead atoms. The van der Waals surface area contributed by atoms with Crippen molar-refractivity contribution in [2.75, 3.05) is 37.6 Å². The van der Waals surface area contributed by atoms with E-state index in [0.717, 1.165) is 44.8 Å². The Morgan fingerprint density at radius 2 is 1.58 bits per heavy atom. The number of carboxylic acid groups (broad SMARTS) is 1. The van der Waals surface area contributed by atoms with Crippen LogP contribution in [0.4, 0.5) is 5.69 Å². The summed E-state index contributed by atoms with van der Waals surface area (Å²) in [5, 5.41) is 8.97. The third kappa shape index (κ3) is 4.36. The lowest BCUT2D eigenvalue weighted by molar-refractivity contribution is 0.0697. The van der Waals surface area contributed by atoms with Gasteiger partial charge in [-0.1, -0.05) is 30.3 Å². The van der Waals surface area contributed by atoms with Gasteiger partial charge in [-0.25, -0.2) is 4.79 Å². The highest BCUT2D eigenvalue weighted by Crippen LogP contribution is 2.17. The highest BCUT2D eigenvalue weighted by Gasteiger charge is 2.17. The van der Waals surface area contributed by atoms with Gasteiger partial charge in [-0.2, -0.15) is 0 Å². The predicted octanol–water partition coefficient (Wildman–Crippen LogP) is 3.14. The number of aryl methyl sites for hydroxylation is 1. The minimum atomic E-state index is -0.871. The molecule has 2 aromatic rings. The molecule has 0 saturated carbocycles. The maximum Gasteiger partial charge on any atom is 0.335 e. The van der Waals surface area contributed by atoms with E-state index in [2.05, 4.69) is 40.1 Å². The van der Waals surface area contributed by atoms with Crippen LogP contribution in [0.2, 0.25) is 0 Å². The molecule has 1 heterocycles. The standard InChI is InChI=1S/C20H24N2O2/c23-20(24)18-8-10-19(11-9-18)22-15-13-21(14-16-22)12-4-7-17-5-2-1-3-6-17/h1-3,5-6,8-11H,4,7,12-16H2,(H,23,24). The molecule has 1 aliphatic rings. The van der Waals surface area contributed by atoms with Crippen molar-refractivity contribution in [2.24, 2.45) is 0 Å². The van der Waals surface area contributed by atoms with Crippen LogP contribution in [0.5, 0.6) is 0 Å². The lowest BCUT2D eigenvalue weighted by Gasteiger charge is -2.36. The second-order valence-electron chi connectivity index (χ2n) is 6.27. The molecule has 0 atom stereocenters. The molecule has 4 heteroatoms. The molecular weight excluding hydrogens is 300 g/mol. The Labute approximate surface area is 143 Å². The summed E-state index contributed by atoms with van der Waals surface area (Å²) in [5.41, 5.74) is 2.87. The summed E-state index contributed by atoms with van der Waals surface area (Å²) in [6.45, 7) is 5.27. The van der Waals surface area contributed by atoms with E-state index in [1.807, 2.05) is 12.1 Å². The first kappa shape index (κ1) is 16.5. The summed E-state index contributed by atoms with van der Waals surface area (Å²) >= 11 is 0. The Balaban J connectivity index is 1.43. The summed E-state index contributed by atoms with van der Waals surface area (Å²) < 4.78 is 0. The number of nitrogens with zero attached hydrogens (tertiary/aromatic N) is 2. The molecule has 0 amide bonds. The maximum atomic E-state index is 10.9. The minimum absolute atomic E-state index is 0.346. The number of hydrogen-bond donors (Lipinski definition) is 1. The largest absolute Gasteiger partial charge is 0.478 e. The van der Waals surface area contributed by atoms with Gasteiger partial charge < -0.3 is 10.0 Å². The van der Waals surface area contributed by atoms with Gasteiger partial charge in [0.1, 0.15) is 0 Å². The zero-order chi connectivity index (χ0) is 16.8. The first-order valence-electron chi connectivity index (χ1n) is 8.57. The van der Waals surface area contributed by atoms with E-state index in [1.165, 1.54) is 12.0 Å². The van der Waals surface area contributed by atoms with E-state index in [1.54, 1.807) is 12.1 Å². The molecule has 4 nitrogen and oxygen atoms in total. The Morgan fingerprint density at radius 1 is 0.917 bits per heavy atom. The number of benzene rings is 2. The lowest BCUT2D eigenvalue weighted by atomic mass is 10.1. The van der Waals surface area contributed by atoms with Crippen molar-refractivity contribution in [3.63, 3.8) is 0 Å². The van der Waals surface area contributed by atoms with Crippen LogP contribution >= 0.6 is 0 Å². The fourth-order valence-electron chi connectivity index (χ4n) is 3.20. The van der Waals surface area contributed by atoms with E-state index < -0.39 is 5.97 Å². The van der Waals surface area contributed by atoms with Crippen LogP contribution in [0.15, 0.2) is 54.6 Å². The number of anilines is 1. The number of aromatic carboxylic acids is 1. The van der Waals surface area contributed by atoms with Gasteiger partial charge in [-0.05, 0) is 49.2 Å². The van der Waals surface area contributed by atoms with Crippen LogP contribution < -0.4 is 4.90 Å². The van der Waals surface area contributed by atoms with Crippen molar-refractivity contribution < 1.29 is 9.90 Å². The molecule has 0 aliphatic carbocycles. The highest BCUT2D eigenvalue weighted by atomic mass is 16.4. The fraction of sp³-hybridized carbons (Fsp3) is 0.350. The number of carbonyl (C=O) groups is 1. The van der Waals surface area contributed by atoms with Gasteiger partial charge in [0, 0.05) is 31.9 Å². The SMILES string of the molecule is O=C(O)c1ccc(N2CCN(CCCc3ccccc3)CC2)cc1. The van der Waals surface area contributed by atoms with Crippen LogP contribution in [-0.4, -0.2) is 48.7 Å². The number of carboxylic acids is 1. The fourth-order valence-corrected chi connectivity index (χ4v) is 3.20. The zero-order valence-electron chi connectivity index (χ0n) is 13.9. The molecule has 0 spiro atoms. The Morgan fingerprint density at radius 3 is 2.21 bits per heavy atom. The van der Waals surface area contributed by atoms with Crippen molar-refractivity contribution in [3.05, 3.63) is 65.7 Å². The van der Waals surface area contributed by atoms with Gasteiger partial charge in [0.05, 0.1) is 5.56 Å². The second-order valence-corrected chi connectivity index (χ2v) is 6.27. The molecule has 2 aromatic carbocycles. The molecule has 0 radical (unpaired) electrons. The summed E-state index contributed by atoms with van der Waals surface area (Å²) in [6.07, 6.45) is 2.33. The summed E-state index contributed by atoms with van der Waals surface area (Å²) in [6, 6.07) is 17.8. The summed E-state index contributed by atoms with van der Waals surface area (Å²) in [5.74, 6) is -0.871. The topological polar surface area (TPSA) is 43.8 Å². The first-order valence-corrected chi connectivity index (χ1v) is 8.57. The molecule has 1 N–H and O–H groups in total. The summed E-state index contributed by atoms with van der Waals surface area (Å²) in [4.78, 5) is 15.8. The van der Waals surface area contributed by atoms with E-state index in [0.29, 0.717) is 5.56 Å². The molecular formula is C20H24N2O2. The third-order valence-electron chi connectivity index (χ3n) is 4.63. The van der Waals surface area contributed by atoms with Gasteiger partial charge in [0.25, 0.3) is 0 Å². The molecule has 1 aliphatic heterocycles. The van der Waals surface area contributed by atoms with Crippen LogP contribution in [0.1, 0.15) is 22.3 Å². The van der Waals surface area contributed by atoms with E-state index >= 15 is 0 Å². The molecule has 1 fully saturated rings. The number of piperazine rings is 1. The van der Waals surface area contributed by atoms with Crippen molar-refractivity contribution >= 4 is 11.7 Å². The Bertz CT molecular complexity index is 647.